The van der Waals surface area contributed by atoms with Gasteiger partial charge in [-0.1, -0.05) is 12.1 Å². The number of ether oxygens (including phenoxy) is 2. The molecule has 5 nitrogen and oxygen atoms in total. The molecule has 0 aliphatic rings. The first kappa shape index (κ1) is 17.3. The summed E-state index contributed by atoms with van der Waals surface area (Å²) >= 11 is 0. The monoisotopic (exact) mass is 336 g/mol. The highest BCUT2D eigenvalue weighted by atomic mass is 32.2. The van der Waals surface area contributed by atoms with Crippen LogP contribution in [0.5, 0.6) is 11.5 Å². The Bertz CT molecular complexity index is 751. The molecule has 2 aromatic carbocycles. The Morgan fingerprint density at radius 1 is 1.00 bits per heavy atom. The summed E-state index contributed by atoms with van der Waals surface area (Å²) in [7, 11) is -0.691. The van der Waals surface area contributed by atoms with Gasteiger partial charge in [0.15, 0.2) is 0 Å². The van der Waals surface area contributed by atoms with E-state index in [1.807, 2.05) is 12.1 Å². The quantitative estimate of drug-likeness (QED) is 0.728. The summed E-state index contributed by atoms with van der Waals surface area (Å²) in [6, 6.07) is 11.5. The predicted octanol–water partition coefficient (Wildman–Crippen LogP) is 2.96. The molecule has 0 saturated heterocycles. The molecule has 0 heterocycles. The molecule has 124 valence electrons. The molecule has 0 aliphatic carbocycles. The summed E-state index contributed by atoms with van der Waals surface area (Å²) < 4.78 is 40.0. The van der Waals surface area contributed by atoms with Gasteiger partial charge in [-0.25, -0.2) is 0 Å². The highest BCUT2D eigenvalue weighted by Gasteiger charge is 2.18. The van der Waals surface area contributed by atoms with Gasteiger partial charge in [0.1, 0.15) is 16.4 Å². The third kappa shape index (κ3) is 4.46. The van der Waals surface area contributed by atoms with Crippen LogP contribution in [0.2, 0.25) is 0 Å². The molecule has 0 unspecified atom stereocenters. The van der Waals surface area contributed by atoms with Crippen LogP contribution < -0.4 is 8.92 Å². The fraction of sp³-hybridized carbons (Fsp3) is 0.294. The normalized spacial score (nSPS) is 11.3. The van der Waals surface area contributed by atoms with E-state index in [0.717, 1.165) is 17.5 Å². The van der Waals surface area contributed by atoms with E-state index in [1.165, 1.54) is 19.2 Å². The molecule has 2 aromatic rings. The predicted molar refractivity (Wildman–Crippen MR) is 87.6 cm³/mol. The zero-order chi connectivity index (χ0) is 16.9. The van der Waals surface area contributed by atoms with E-state index in [1.54, 1.807) is 32.2 Å². The van der Waals surface area contributed by atoms with Crippen molar-refractivity contribution >= 4 is 10.1 Å². The van der Waals surface area contributed by atoms with Gasteiger partial charge in [-0.3, -0.25) is 0 Å². The number of hydrogen-bond donors (Lipinski definition) is 0. The molecule has 6 heteroatoms. The summed E-state index contributed by atoms with van der Waals surface area (Å²) in [4.78, 5) is 0.0965. The maximum absolute atomic E-state index is 12.3. The second-order valence-electron chi connectivity index (χ2n) is 5.06. The average molecular weight is 336 g/mol. The van der Waals surface area contributed by atoms with Gasteiger partial charge >= 0.3 is 10.1 Å². The van der Waals surface area contributed by atoms with Crippen molar-refractivity contribution in [1.29, 1.82) is 0 Å². The molecule has 0 saturated carbocycles. The molecule has 0 aliphatic heterocycles. The van der Waals surface area contributed by atoms with E-state index in [0.29, 0.717) is 12.4 Å². The van der Waals surface area contributed by atoms with E-state index in [2.05, 4.69) is 0 Å². The van der Waals surface area contributed by atoms with E-state index in [9.17, 15) is 8.42 Å². The Morgan fingerprint density at radius 2 is 1.70 bits per heavy atom. The Hall–Kier alpha value is -2.05. The Morgan fingerprint density at radius 3 is 2.26 bits per heavy atom. The van der Waals surface area contributed by atoms with Gasteiger partial charge in [0.25, 0.3) is 0 Å². The molecule has 0 spiro atoms. The lowest BCUT2D eigenvalue weighted by atomic mass is 10.1. The van der Waals surface area contributed by atoms with Crippen molar-refractivity contribution in [1.82, 2.24) is 0 Å². The molecule has 0 radical (unpaired) electrons. The van der Waals surface area contributed by atoms with Gasteiger partial charge < -0.3 is 13.7 Å². The van der Waals surface area contributed by atoms with Gasteiger partial charge in [0.05, 0.1) is 13.7 Å². The van der Waals surface area contributed by atoms with Gasteiger partial charge in [-0.2, -0.15) is 8.42 Å². The molecule has 0 bridgehead atoms. The standard InChI is InChI=1S/C17H20O5S/c1-13-12-16(8-9-17(13)21-3)23(18,19)22-15-6-4-14(5-7-15)10-11-20-2/h4-9,12H,10-11H2,1-3H3. The van der Waals surface area contributed by atoms with Crippen LogP contribution in [0.1, 0.15) is 11.1 Å². The first-order chi connectivity index (χ1) is 11.0. The molecule has 2 rings (SSSR count). The third-order valence-electron chi connectivity index (χ3n) is 3.38. The number of rotatable bonds is 7. The van der Waals surface area contributed by atoms with Crippen molar-refractivity contribution in [3.63, 3.8) is 0 Å². The maximum atomic E-state index is 12.3. The summed E-state index contributed by atoms with van der Waals surface area (Å²) in [5, 5.41) is 0. The summed E-state index contributed by atoms with van der Waals surface area (Å²) in [5.41, 5.74) is 1.78. The van der Waals surface area contributed by atoms with Gasteiger partial charge in [-0.15, -0.1) is 0 Å². The molecular weight excluding hydrogens is 316 g/mol. The van der Waals surface area contributed by atoms with Crippen LogP contribution in [-0.4, -0.2) is 29.2 Å². The fourth-order valence-electron chi connectivity index (χ4n) is 2.11. The second kappa shape index (κ2) is 7.48. The van der Waals surface area contributed by atoms with Crippen LogP contribution in [-0.2, 0) is 21.3 Å². The average Bonchev–Trinajstić information content (AvgIpc) is 2.54. The largest absolute Gasteiger partial charge is 0.496 e. The first-order valence-corrected chi connectivity index (χ1v) is 8.54. The summed E-state index contributed by atoms with van der Waals surface area (Å²) in [5.74, 6) is 0.908. The van der Waals surface area contributed by atoms with Crippen LogP contribution in [0, 0.1) is 6.92 Å². The smallest absolute Gasteiger partial charge is 0.339 e. The molecule has 0 aromatic heterocycles. The van der Waals surface area contributed by atoms with E-state index < -0.39 is 10.1 Å². The Kier molecular flexibility index (Phi) is 5.63. The van der Waals surface area contributed by atoms with E-state index >= 15 is 0 Å². The molecular formula is C17H20O5S. The zero-order valence-corrected chi connectivity index (χ0v) is 14.2. The minimum Gasteiger partial charge on any atom is -0.496 e. The Balaban J connectivity index is 2.16. The van der Waals surface area contributed by atoms with Crippen LogP contribution in [0.4, 0.5) is 0 Å². The van der Waals surface area contributed by atoms with Crippen LogP contribution in [0.3, 0.4) is 0 Å². The first-order valence-electron chi connectivity index (χ1n) is 7.13. The molecule has 23 heavy (non-hydrogen) atoms. The lowest BCUT2D eigenvalue weighted by Gasteiger charge is -2.10. The van der Waals surface area contributed by atoms with E-state index in [-0.39, 0.29) is 10.6 Å². The fourth-order valence-corrected chi connectivity index (χ4v) is 3.13. The lowest BCUT2D eigenvalue weighted by Crippen LogP contribution is -2.10. The van der Waals surface area contributed by atoms with Crippen molar-refractivity contribution in [2.75, 3.05) is 20.8 Å². The minimum atomic E-state index is -3.87. The summed E-state index contributed by atoms with van der Waals surface area (Å²) in [6.07, 6.45) is 0.765. The van der Waals surface area contributed by atoms with Crippen molar-refractivity contribution in [3.05, 3.63) is 53.6 Å². The maximum Gasteiger partial charge on any atom is 0.339 e. The number of methoxy groups -OCH3 is 2. The van der Waals surface area contributed by atoms with Crippen LogP contribution in [0.15, 0.2) is 47.4 Å². The molecule has 0 N–H and O–H groups in total. The topological polar surface area (TPSA) is 61.8 Å². The number of aryl methyl sites for hydroxylation is 1. The highest BCUT2D eigenvalue weighted by molar-refractivity contribution is 7.87. The number of hydrogen-bond acceptors (Lipinski definition) is 5. The molecule has 0 atom stereocenters. The second-order valence-corrected chi connectivity index (χ2v) is 6.60. The lowest BCUT2D eigenvalue weighted by molar-refractivity contribution is 0.202. The van der Waals surface area contributed by atoms with Crippen molar-refractivity contribution < 1.29 is 22.1 Å². The highest BCUT2D eigenvalue weighted by Crippen LogP contribution is 2.24. The summed E-state index contributed by atoms with van der Waals surface area (Å²) in [6.45, 7) is 2.39. The van der Waals surface area contributed by atoms with E-state index in [4.69, 9.17) is 13.7 Å². The van der Waals surface area contributed by atoms with Gasteiger partial charge in [0.2, 0.25) is 0 Å². The number of benzene rings is 2. The van der Waals surface area contributed by atoms with Crippen LogP contribution >= 0.6 is 0 Å². The zero-order valence-electron chi connectivity index (χ0n) is 13.4. The molecule has 0 fully saturated rings. The van der Waals surface area contributed by atoms with Gasteiger partial charge in [-0.05, 0) is 54.8 Å². The third-order valence-corrected chi connectivity index (χ3v) is 4.62. The van der Waals surface area contributed by atoms with Crippen molar-refractivity contribution in [3.8, 4) is 11.5 Å². The Labute approximate surface area is 136 Å². The SMILES string of the molecule is COCCc1ccc(OS(=O)(=O)c2ccc(OC)c(C)c2)cc1. The van der Waals surface area contributed by atoms with Crippen molar-refractivity contribution in [2.45, 2.75) is 18.2 Å². The van der Waals surface area contributed by atoms with Crippen LogP contribution in [0.25, 0.3) is 0 Å². The van der Waals surface area contributed by atoms with Crippen molar-refractivity contribution in [2.24, 2.45) is 0 Å². The van der Waals surface area contributed by atoms with Gasteiger partial charge in [0, 0.05) is 7.11 Å². The molecule has 0 amide bonds. The minimum absolute atomic E-state index is 0.0965.